The van der Waals surface area contributed by atoms with Crippen molar-refractivity contribution in [1.82, 2.24) is 0 Å². The van der Waals surface area contributed by atoms with Crippen LogP contribution in [0.1, 0.15) is 6.42 Å². The van der Waals surface area contributed by atoms with Crippen molar-refractivity contribution < 1.29 is 18.8 Å². The van der Waals surface area contributed by atoms with Gasteiger partial charge in [-0.25, -0.2) is 0 Å². The Kier molecular flexibility index (Phi) is 5.96. The molecule has 1 amide bonds. The summed E-state index contributed by atoms with van der Waals surface area (Å²) in [5.74, 6) is -0.694. The first-order valence-electron chi connectivity index (χ1n) is 8.55. The molecule has 0 aliphatic carbocycles. The van der Waals surface area contributed by atoms with Gasteiger partial charge in [-0.15, -0.1) is 0 Å². The molecule has 0 fully saturated rings. The van der Waals surface area contributed by atoms with E-state index in [4.69, 9.17) is 4.74 Å². The monoisotopic (exact) mass is 380 g/mol. The van der Waals surface area contributed by atoms with Crippen molar-refractivity contribution in [2.24, 2.45) is 0 Å². The van der Waals surface area contributed by atoms with Crippen LogP contribution in [0, 0.1) is 15.9 Å². The maximum absolute atomic E-state index is 13.4. The van der Waals surface area contributed by atoms with Crippen LogP contribution < -0.4 is 10.1 Å². The van der Waals surface area contributed by atoms with Crippen LogP contribution in [0.15, 0.2) is 72.8 Å². The Bertz CT molecular complexity index is 993. The average molecular weight is 380 g/mol. The minimum Gasteiger partial charge on any atom is -0.492 e. The first-order chi connectivity index (χ1) is 13.5. The van der Waals surface area contributed by atoms with Crippen LogP contribution in [0.4, 0.5) is 15.8 Å². The zero-order valence-corrected chi connectivity index (χ0v) is 14.8. The van der Waals surface area contributed by atoms with E-state index in [1.165, 1.54) is 6.07 Å². The predicted octanol–water partition coefficient (Wildman–Crippen LogP) is 4.81. The zero-order chi connectivity index (χ0) is 19.9. The number of carbonyl (C=O) groups excluding carboxylic acids is 1. The molecule has 3 rings (SSSR count). The Labute approximate surface area is 160 Å². The fraction of sp³-hybridized carbons (Fsp3) is 0.0952. The summed E-state index contributed by atoms with van der Waals surface area (Å²) >= 11 is 0. The molecule has 0 aromatic heterocycles. The number of nitro groups is 1. The third kappa shape index (κ3) is 4.70. The number of hydrogen-bond donors (Lipinski definition) is 1. The molecule has 0 aliphatic heterocycles. The van der Waals surface area contributed by atoms with E-state index in [0.29, 0.717) is 5.75 Å². The van der Waals surface area contributed by atoms with E-state index in [2.05, 4.69) is 5.32 Å². The van der Waals surface area contributed by atoms with Crippen molar-refractivity contribution >= 4 is 17.3 Å². The second-order valence-electron chi connectivity index (χ2n) is 5.93. The van der Waals surface area contributed by atoms with Gasteiger partial charge in [0.2, 0.25) is 11.7 Å². The number of halogens is 1. The van der Waals surface area contributed by atoms with Crippen molar-refractivity contribution in [1.29, 1.82) is 0 Å². The lowest BCUT2D eigenvalue weighted by Crippen LogP contribution is -2.15. The molecule has 0 radical (unpaired) electrons. The van der Waals surface area contributed by atoms with Gasteiger partial charge in [0.05, 0.1) is 18.0 Å². The second-order valence-corrected chi connectivity index (χ2v) is 5.93. The highest BCUT2D eigenvalue weighted by atomic mass is 19.1. The number of nitrogens with one attached hydrogen (secondary N) is 1. The van der Waals surface area contributed by atoms with Gasteiger partial charge in [-0.2, -0.15) is 4.39 Å². The minimum absolute atomic E-state index is 0.0360. The molecule has 0 saturated heterocycles. The number of carbonyl (C=O) groups is 1. The summed E-state index contributed by atoms with van der Waals surface area (Å²) in [4.78, 5) is 22.0. The van der Waals surface area contributed by atoms with Crippen LogP contribution in [-0.2, 0) is 4.79 Å². The second kappa shape index (κ2) is 8.77. The standard InChI is InChI=1S/C21H17FN2O4/c22-18-11-10-16(14-19(18)24(26)27)23-21(25)12-13-28-20-9-5-4-8-17(20)15-6-2-1-3-7-15/h1-11,14H,12-13H2,(H,23,25). The molecule has 3 aromatic rings. The molecule has 0 spiro atoms. The van der Waals surface area contributed by atoms with Crippen LogP contribution in [0.5, 0.6) is 5.75 Å². The number of para-hydroxylation sites is 1. The predicted molar refractivity (Wildman–Crippen MR) is 104 cm³/mol. The van der Waals surface area contributed by atoms with E-state index in [0.717, 1.165) is 23.3 Å². The average Bonchev–Trinajstić information content (AvgIpc) is 2.70. The Morgan fingerprint density at radius 3 is 2.50 bits per heavy atom. The van der Waals surface area contributed by atoms with E-state index in [9.17, 15) is 19.3 Å². The van der Waals surface area contributed by atoms with Crippen LogP contribution >= 0.6 is 0 Å². The lowest BCUT2D eigenvalue weighted by atomic mass is 10.1. The molecular formula is C21H17FN2O4. The molecular weight excluding hydrogens is 363 g/mol. The summed E-state index contributed by atoms with van der Waals surface area (Å²) < 4.78 is 19.1. The van der Waals surface area contributed by atoms with E-state index in [1.54, 1.807) is 0 Å². The molecule has 0 aliphatic rings. The lowest BCUT2D eigenvalue weighted by Gasteiger charge is -2.12. The fourth-order valence-corrected chi connectivity index (χ4v) is 2.66. The van der Waals surface area contributed by atoms with Gasteiger partial charge in [-0.3, -0.25) is 14.9 Å². The Balaban J connectivity index is 1.60. The molecule has 142 valence electrons. The SMILES string of the molecule is O=C(CCOc1ccccc1-c1ccccc1)Nc1ccc(F)c([N+](=O)[O-])c1. The molecule has 0 unspecified atom stereocenters. The van der Waals surface area contributed by atoms with E-state index >= 15 is 0 Å². The van der Waals surface area contributed by atoms with E-state index in [-0.39, 0.29) is 18.7 Å². The molecule has 0 saturated carbocycles. The topological polar surface area (TPSA) is 81.5 Å². The molecule has 1 N–H and O–H groups in total. The van der Waals surface area contributed by atoms with Crippen LogP contribution in [-0.4, -0.2) is 17.4 Å². The summed E-state index contributed by atoms with van der Waals surface area (Å²) in [6, 6.07) is 20.4. The van der Waals surface area contributed by atoms with Crippen LogP contribution in [0.3, 0.4) is 0 Å². The number of amides is 1. The van der Waals surface area contributed by atoms with Gasteiger partial charge in [-0.05, 0) is 23.8 Å². The Morgan fingerprint density at radius 1 is 1.04 bits per heavy atom. The third-order valence-electron chi connectivity index (χ3n) is 3.99. The van der Waals surface area contributed by atoms with Crippen molar-refractivity contribution in [3.8, 4) is 16.9 Å². The largest absolute Gasteiger partial charge is 0.492 e. The van der Waals surface area contributed by atoms with Crippen molar-refractivity contribution in [3.63, 3.8) is 0 Å². The molecule has 0 atom stereocenters. The zero-order valence-electron chi connectivity index (χ0n) is 14.8. The summed E-state index contributed by atoms with van der Waals surface area (Å²) in [7, 11) is 0. The van der Waals surface area contributed by atoms with Crippen molar-refractivity contribution in [2.45, 2.75) is 6.42 Å². The van der Waals surface area contributed by atoms with E-state index in [1.807, 2.05) is 54.6 Å². The number of anilines is 1. The third-order valence-corrected chi connectivity index (χ3v) is 3.99. The Morgan fingerprint density at radius 2 is 1.75 bits per heavy atom. The quantitative estimate of drug-likeness (QED) is 0.471. The minimum atomic E-state index is -0.955. The highest BCUT2D eigenvalue weighted by molar-refractivity contribution is 5.91. The van der Waals surface area contributed by atoms with Crippen LogP contribution in [0.25, 0.3) is 11.1 Å². The molecule has 28 heavy (non-hydrogen) atoms. The highest BCUT2D eigenvalue weighted by Crippen LogP contribution is 2.29. The summed E-state index contributed by atoms with van der Waals surface area (Å²) in [6.07, 6.45) is 0.0360. The van der Waals surface area contributed by atoms with Crippen molar-refractivity contribution in [2.75, 3.05) is 11.9 Å². The summed E-state index contributed by atoms with van der Waals surface area (Å²) in [5, 5.41) is 13.3. The first-order valence-corrected chi connectivity index (χ1v) is 8.55. The van der Waals surface area contributed by atoms with Gasteiger partial charge in [0.1, 0.15) is 5.75 Å². The fourth-order valence-electron chi connectivity index (χ4n) is 2.66. The van der Waals surface area contributed by atoms with Gasteiger partial charge in [0, 0.05) is 17.3 Å². The maximum Gasteiger partial charge on any atom is 0.306 e. The van der Waals surface area contributed by atoms with Gasteiger partial charge >= 0.3 is 5.69 Å². The van der Waals surface area contributed by atoms with E-state index < -0.39 is 22.3 Å². The van der Waals surface area contributed by atoms with Gasteiger partial charge in [0.25, 0.3) is 0 Å². The van der Waals surface area contributed by atoms with Crippen LogP contribution in [0.2, 0.25) is 0 Å². The lowest BCUT2D eigenvalue weighted by molar-refractivity contribution is -0.387. The maximum atomic E-state index is 13.4. The number of ether oxygens (including phenoxy) is 1. The first kappa shape index (κ1) is 19.0. The van der Waals surface area contributed by atoms with Gasteiger partial charge in [-0.1, -0.05) is 48.5 Å². The summed E-state index contributed by atoms with van der Waals surface area (Å²) in [6.45, 7) is 0.124. The van der Waals surface area contributed by atoms with Gasteiger partial charge in [0.15, 0.2) is 0 Å². The molecule has 6 nitrogen and oxygen atoms in total. The number of nitro benzene ring substituents is 1. The normalized spacial score (nSPS) is 10.3. The molecule has 7 heteroatoms. The number of hydrogen-bond acceptors (Lipinski definition) is 4. The number of nitrogens with zero attached hydrogens (tertiary/aromatic N) is 1. The number of benzene rings is 3. The molecule has 0 heterocycles. The number of rotatable bonds is 7. The summed E-state index contributed by atoms with van der Waals surface area (Å²) in [5.41, 5.74) is 1.38. The van der Waals surface area contributed by atoms with Gasteiger partial charge < -0.3 is 10.1 Å². The van der Waals surface area contributed by atoms with Crippen molar-refractivity contribution in [3.05, 3.63) is 88.7 Å². The highest BCUT2D eigenvalue weighted by Gasteiger charge is 2.15. The molecule has 3 aromatic carbocycles. The smallest absolute Gasteiger partial charge is 0.306 e. The Hall–Kier alpha value is -3.74. The molecule has 0 bridgehead atoms.